The van der Waals surface area contributed by atoms with Crippen LogP contribution in [0.15, 0.2) is 58.3 Å². The second-order valence-corrected chi connectivity index (χ2v) is 10.8. The summed E-state index contributed by atoms with van der Waals surface area (Å²) in [6.45, 7) is -0.771. The highest BCUT2D eigenvalue weighted by atomic mass is 32.1. The third-order valence-corrected chi connectivity index (χ3v) is 8.12. The average molecular weight is 568 g/mol. The first-order valence-corrected chi connectivity index (χ1v) is 13.4. The number of nitrogen functional groups attached to an aromatic ring is 1. The number of thiophene rings is 1. The van der Waals surface area contributed by atoms with E-state index < -0.39 is 61.7 Å². The third kappa shape index (κ3) is 5.26. The number of carbonyl (C=O) groups is 3. The van der Waals surface area contributed by atoms with Crippen molar-refractivity contribution in [3.05, 3.63) is 69.9 Å². The van der Waals surface area contributed by atoms with Gasteiger partial charge in [0.25, 0.3) is 5.91 Å². The lowest BCUT2D eigenvalue weighted by Gasteiger charge is -2.25. The van der Waals surface area contributed by atoms with Crippen LogP contribution in [0.25, 0.3) is 21.9 Å². The van der Waals surface area contributed by atoms with Gasteiger partial charge in [-0.3, -0.25) is 19.8 Å². The second-order valence-electron chi connectivity index (χ2n) is 9.90. The van der Waals surface area contributed by atoms with Gasteiger partial charge in [0.15, 0.2) is 5.67 Å². The van der Waals surface area contributed by atoms with Crippen molar-refractivity contribution in [2.45, 2.75) is 31.1 Å². The van der Waals surface area contributed by atoms with Crippen LogP contribution in [0.2, 0.25) is 0 Å². The molecule has 1 fully saturated rings. The molecule has 0 spiro atoms. The van der Waals surface area contributed by atoms with Crippen LogP contribution in [0.1, 0.15) is 40.2 Å². The maximum absolute atomic E-state index is 15.0. The summed E-state index contributed by atoms with van der Waals surface area (Å²) in [6, 6.07) is 12.3. The molecule has 3 heterocycles. The van der Waals surface area contributed by atoms with E-state index in [1.54, 1.807) is 36.6 Å². The number of alkyl halides is 2. The Kier molecular flexibility index (Phi) is 7.28. The van der Waals surface area contributed by atoms with Crippen molar-refractivity contribution in [3.63, 3.8) is 0 Å². The molecule has 0 aliphatic carbocycles. The molecular formula is C28H27F2N5O4S. The van der Waals surface area contributed by atoms with Crippen LogP contribution in [0, 0.1) is 5.41 Å². The molecule has 12 heteroatoms. The smallest absolute Gasteiger partial charge is 0.251 e. The largest absolute Gasteiger partial charge is 0.456 e. The minimum Gasteiger partial charge on any atom is -0.456 e. The van der Waals surface area contributed by atoms with E-state index >= 15 is 4.39 Å². The summed E-state index contributed by atoms with van der Waals surface area (Å²) in [5.74, 6) is -2.03. The number of nitrogens with one attached hydrogen (secondary N) is 3. The molecule has 3 amide bonds. The number of likely N-dealkylation sites (tertiary alicyclic amines) is 1. The Hall–Kier alpha value is -4.32. The Labute approximate surface area is 231 Å². The number of hydrogen-bond acceptors (Lipinski definition) is 6. The van der Waals surface area contributed by atoms with Gasteiger partial charge in [-0.2, -0.15) is 0 Å². The van der Waals surface area contributed by atoms with Gasteiger partial charge in [-0.1, -0.05) is 18.2 Å². The maximum Gasteiger partial charge on any atom is 0.251 e. The average Bonchev–Trinajstić information content (AvgIpc) is 3.67. The van der Waals surface area contributed by atoms with Gasteiger partial charge >= 0.3 is 0 Å². The fourth-order valence-corrected chi connectivity index (χ4v) is 5.77. The lowest BCUT2D eigenvalue weighted by Crippen LogP contribution is -2.49. The lowest BCUT2D eigenvalue weighted by atomic mass is 10.0. The standard InChI is InChI=1S/C28H27F2N5O4S/c1-15(23-9-17(12-40-23)25(31)32)34-27(38)20-10-28(30,13-29)14-35(20)24(36)11-33-26(37)16-6-7-19-18-4-2-3-5-21(18)39-22(19)8-16/h2-9,12,15,20H,10-11,13-14H2,1H3,(H3,31,32)(H,33,37)(H,34,38)/t15?,20-,28-/m0/s1. The highest BCUT2D eigenvalue weighted by molar-refractivity contribution is 7.10. The van der Waals surface area contributed by atoms with Gasteiger partial charge in [0.2, 0.25) is 11.8 Å². The Bertz CT molecular complexity index is 1640. The van der Waals surface area contributed by atoms with Crippen molar-refractivity contribution in [1.29, 1.82) is 5.41 Å². The molecule has 0 saturated carbocycles. The minimum atomic E-state index is -2.37. The molecule has 9 nitrogen and oxygen atoms in total. The number of furan rings is 1. The van der Waals surface area contributed by atoms with E-state index in [0.29, 0.717) is 21.6 Å². The van der Waals surface area contributed by atoms with E-state index in [4.69, 9.17) is 15.6 Å². The molecule has 2 aromatic heterocycles. The van der Waals surface area contributed by atoms with E-state index in [-0.39, 0.29) is 11.4 Å². The van der Waals surface area contributed by atoms with Crippen molar-refractivity contribution < 1.29 is 27.6 Å². The van der Waals surface area contributed by atoms with Gasteiger partial charge in [0.1, 0.15) is 29.7 Å². The van der Waals surface area contributed by atoms with Gasteiger partial charge in [-0.05, 0) is 37.3 Å². The number of amides is 3. The molecule has 1 unspecified atom stereocenters. The van der Waals surface area contributed by atoms with Crippen molar-refractivity contribution in [1.82, 2.24) is 15.5 Å². The number of nitrogens with two attached hydrogens (primary N) is 1. The summed E-state index contributed by atoms with van der Waals surface area (Å²) >= 11 is 1.29. The van der Waals surface area contributed by atoms with E-state index in [9.17, 15) is 18.8 Å². The van der Waals surface area contributed by atoms with Crippen LogP contribution in [-0.2, 0) is 9.59 Å². The maximum atomic E-state index is 15.0. The first-order chi connectivity index (χ1) is 19.1. The van der Waals surface area contributed by atoms with Crippen LogP contribution in [0.4, 0.5) is 8.78 Å². The molecule has 3 atom stereocenters. The van der Waals surface area contributed by atoms with Crippen LogP contribution in [0.3, 0.4) is 0 Å². The highest BCUT2D eigenvalue weighted by Gasteiger charge is 2.49. The molecule has 1 saturated heterocycles. The normalized spacial score (nSPS) is 19.6. The van der Waals surface area contributed by atoms with Gasteiger partial charge in [-0.15, -0.1) is 11.3 Å². The molecule has 40 heavy (non-hydrogen) atoms. The number of halogens is 2. The number of para-hydroxylation sites is 1. The molecule has 4 aromatic rings. The number of hydrogen-bond donors (Lipinski definition) is 4. The number of benzene rings is 2. The number of amidine groups is 1. The number of fused-ring (bicyclic) bond motifs is 3. The van der Waals surface area contributed by atoms with E-state index in [1.807, 2.05) is 24.3 Å². The first-order valence-electron chi connectivity index (χ1n) is 12.6. The van der Waals surface area contributed by atoms with Gasteiger partial charge in [-0.25, -0.2) is 8.78 Å². The fourth-order valence-electron chi connectivity index (χ4n) is 4.86. The quantitative estimate of drug-likeness (QED) is 0.189. The van der Waals surface area contributed by atoms with Gasteiger partial charge in [0, 0.05) is 38.6 Å². The zero-order valence-electron chi connectivity index (χ0n) is 21.5. The van der Waals surface area contributed by atoms with Crippen LogP contribution in [0.5, 0.6) is 0 Å². The van der Waals surface area contributed by atoms with E-state index in [1.165, 1.54) is 11.3 Å². The summed E-state index contributed by atoms with van der Waals surface area (Å²) < 4.78 is 34.4. The van der Waals surface area contributed by atoms with Crippen LogP contribution in [-0.4, -0.2) is 59.9 Å². The summed E-state index contributed by atoms with van der Waals surface area (Å²) in [5, 5.41) is 16.2. The molecule has 1 aliphatic rings. The molecule has 5 N–H and O–H groups in total. The molecule has 2 aromatic carbocycles. The highest BCUT2D eigenvalue weighted by Crippen LogP contribution is 2.33. The molecule has 0 bridgehead atoms. The zero-order chi connectivity index (χ0) is 28.6. The molecule has 0 radical (unpaired) electrons. The molecule has 208 valence electrons. The summed E-state index contributed by atoms with van der Waals surface area (Å²) in [4.78, 5) is 40.6. The monoisotopic (exact) mass is 567 g/mol. The van der Waals surface area contributed by atoms with Crippen molar-refractivity contribution >= 4 is 56.8 Å². The predicted molar refractivity (Wildman–Crippen MR) is 148 cm³/mol. The topological polar surface area (TPSA) is 142 Å². The summed E-state index contributed by atoms with van der Waals surface area (Å²) in [5.41, 5.74) is 5.08. The van der Waals surface area contributed by atoms with E-state index in [2.05, 4.69) is 10.6 Å². The van der Waals surface area contributed by atoms with Crippen LogP contribution >= 0.6 is 11.3 Å². The van der Waals surface area contributed by atoms with Crippen molar-refractivity contribution in [3.8, 4) is 0 Å². The number of carbonyl (C=O) groups excluding carboxylic acids is 3. The SMILES string of the molecule is CC(NC(=O)[C@@H]1C[C@](F)(CF)CN1C(=O)CNC(=O)c1ccc2c(c1)oc1ccccc12)c1cc(C(=N)N)cs1. The number of nitrogens with zero attached hydrogens (tertiary/aromatic N) is 1. The lowest BCUT2D eigenvalue weighted by molar-refractivity contribution is -0.138. The third-order valence-electron chi connectivity index (χ3n) is 7.01. The first kappa shape index (κ1) is 27.3. The predicted octanol–water partition coefficient (Wildman–Crippen LogP) is 3.82. The Morgan fingerprint density at radius 3 is 2.65 bits per heavy atom. The minimum absolute atomic E-state index is 0.113. The van der Waals surface area contributed by atoms with E-state index in [0.717, 1.165) is 15.7 Å². The Balaban J connectivity index is 1.26. The number of rotatable bonds is 8. The molecule has 1 aliphatic heterocycles. The Morgan fingerprint density at radius 2 is 1.93 bits per heavy atom. The van der Waals surface area contributed by atoms with Gasteiger partial charge in [0.05, 0.1) is 19.1 Å². The molecule has 5 rings (SSSR count). The zero-order valence-corrected chi connectivity index (χ0v) is 22.3. The second kappa shape index (κ2) is 10.7. The summed E-state index contributed by atoms with van der Waals surface area (Å²) in [6.07, 6.45) is -0.506. The Morgan fingerprint density at radius 1 is 1.18 bits per heavy atom. The molecular weight excluding hydrogens is 540 g/mol. The van der Waals surface area contributed by atoms with Crippen molar-refractivity contribution in [2.75, 3.05) is 19.8 Å². The summed E-state index contributed by atoms with van der Waals surface area (Å²) in [7, 11) is 0. The fraction of sp³-hybridized carbons (Fsp3) is 0.286. The van der Waals surface area contributed by atoms with Crippen molar-refractivity contribution in [2.24, 2.45) is 5.73 Å². The van der Waals surface area contributed by atoms with Gasteiger partial charge < -0.3 is 25.7 Å². The van der Waals surface area contributed by atoms with Crippen LogP contribution < -0.4 is 16.4 Å².